The van der Waals surface area contributed by atoms with Gasteiger partial charge in [-0.25, -0.2) is 14.6 Å². The maximum Gasteiger partial charge on any atom is 0.140 e. The standard InChI is InChI=1S/C10H15N5S/c1-3-15-10(12-7-13-15)5-11-4-9-6-16-8(2)14-9/h6-7,11H,3-5H2,1-2H3. The Morgan fingerprint density at radius 2 is 2.31 bits per heavy atom. The Bertz CT molecular complexity index is 448. The van der Waals surface area contributed by atoms with Gasteiger partial charge in [0.15, 0.2) is 0 Å². The molecule has 0 saturated heterocycles. The molecule has 5 nitrogen and oxygen atoms in total. The van der Waals surface area contributed by atoms with Crippen molar-refractivity contribution in [3.63, 3.8) is 0 Å². The van der Waals surface area contributed by atoms with Crippen LogP contribution < -0.4 is 5.32 Å². The van der Waals surface area contributed by atoms with Gasteiger partial charge in [-0.05, 0) is 13.8 Å². The van der Waals surface area contributed by atoms with Crippen LogP contribution in [0.2, 0.25) is 0 Å². The molecular weight excluding hydrogens is 222 g/mol. The highest BCUT2D eigenvalue weighted by Gasteiger charge is 2.02. The molecule has 1 N–H and O–H groups in total. The second-order valence-corrected chi connectivity index (χ2v) is 4.52. The molecule has 2 aromatic rings. The van der Waals surface area contributed by atoms with Gasteiger partial charge in [-0.2, -0.15) is 5.10 Å². The monoisotopic (exact) mass is 237 g/mol. The summed E-state index contributed by atoms with van der Waals surface area (Å²) in [6.45, 7) is 6.43. The minimum Gasteiger partial charge on any atom is -0.304 e. The van der Waals surface area contributed by atoms with Crippen LogP contribution in [0.3, 0.4) is 0 Å². The van der Waals surface area contributed by atoms with Crippen molar-refractivity contribution in [2.24, 2.45) is 0 Å². The summed E-state index contributed by atoms with van der Waals surface area (Å²) < 4.78 is 1.89. The Labute approximate surface area is 98.5 Å². The third kappa shape index (κ3) is 2.65. The fraction of sp³-hybridized carbons (Fsp3) is 0.500. The fourth-order valence-electron chi connectivity index (χ4n) is 1.48. The first kappa shape index (κ1) is 11.2. The van der Waals surface area contributed by atoms with E-state index in [0.29, 0.717) is 0 Å². The predicted molar refractivity (Wildman–Crippen MR) is 63.1 cm³/mol. The summed E-state index contributed by atoms with van der Waals surface area (Å²) in [6.07, 6.45) is 1.59. The van der Waals surface area contributed by atoms with Gasteiger partial charge >= 0.3 is 0 Å². The largest absolute Gasteiger partial charge is 0.304 e. The summed E-state index contributed by atoms with van der Waals surface area (Å²) in [5.41, 5.74) is 1.09. The number of nitrogens with one attached hydrogen (secondary N) is 1. The molecule has 0 aromatic carbocycles. The fourth-order valence-corrected chi connectivity index (χ4v) is 2.09. The highest BCUT2D eigenvalue weighted by molar-refractivity contribution is 7.09. The van der Waals surface area contributed by atoms with E-state index in [9.17, 15) is 0 Å². The molecular formula is C10H15N5S. The lowest BCUT2D eigenvalue weighted by atomic mass is 10.4. The van der Waals surface area contributed by atoms with Crippen LogP contribution in [0.25, 0.3) is 0 Å². The molecule has 0 radical (unpaired) electrons. The second-order valence-electron chi connectivity index (χ2n) is 3.45. The van der Waals surface area contributed by atoms with Gasteiger partial charge in [-0.15, -0.1) is 11.3 Å². The molecule has 16 heavy (non-hydrogen) atoms. The van der Waals surface area contributed by atoms with Crippen LogP contribution in [0, 0.1) is 6.92 Å². The minimum absolute atomic E-state index is 0.727. The molecule has 86 valence electrons. The first-order valence-corrected chi connectivity index (χ1v) is 6.16. The van der Waals surface area contributed by atoms with E-state index < -0.39 is 0 Å². The summed E-state index contributed by atoms with van der Waals surface area (Å²) in [7, 11) is 0. The molecule has 6 heteroatoms. The van der Waals surface area contributed by atoms with Crippen LogP contribution in [-0.4, -0.2) is 19.7 Å². The highest BCUT2D eigenvalue weighted by atomic mass is 32.1. The second kappa shape index (κ2) is 5.18. The molecule has 0 aliphatic rings. The van der Waals surface area contributed by atoms with E-state index in [1.807, 2.05) is 11.6 Å². The van der Waals surface area contributed by atoms with Crippen molar-refractivity contribution in [1.29, 1.82) is 0 Å². The van der Waals surface area contributed by atoms with E-state index in [0.717, 1.165) is 36.2 Å². The topological polar surface area (TPSA) is 55.6 Å². The molecule has 0 saturated carbocycles. The average molecular weight is 237 g/mol. The Morgan fingerprint density at radius 1 is 1.44 bits per heavy atom. The molecule has 0 aliphatic carbocycles. The zero-order chi connectivity index (χ0) is 11.4. The summed E-state index contributed by atoms with van der Waals surface area (Å²) in [6, 6.07) is 0. The van der Waals surface area contributed by atoms with Crippen molar-refractivity contribution < 1.29 is 0 Å². The number of hydrogen-bond donors (Lipinski definition) is 1. The molecule has 0 atom stereocenters. The molecule has 2 heterocycles. The Morgan fingerprint density at radius 3 is 3.00 bits per heavy atom. The van der Waals surface area contributed by atoms with Gasteiger partial charge in [0.25, 0.3) is 0 Å². The van der Waals surface area contributed by atoms with E-state index >= 15 is 0 Å². The molecule has 0 fully saturated rings. The number of nitrogens with zero attached hydrogens (tertiary/aromatic N) is 4. The SMILES string of the molecule is CCn1ncnc1CNCc1csc(C)n1. The number of hydrogen-bond acceptors (Lipinski definition) is 5. The molecule has 2 aromatic heterocycles. The van der Waals surface area contributed by atoms with Gasteiger partial charge < -0.3 is 5.32 Å². The van der Waals surface area contributed by atoms with Crippen molar-refractivity contribution in [2.45, 2.75) is 33.5 Å². The van der Waals surface area contributed by atoms with Gasteiger partial charge in [0.2, 0.25) is 0 Å². The maximum absolute atomic E-state index is 4.39. The molecule has 0 bridgehead atoms. The van der Waals surface area contributed by atoms with Crippen LogP contribution >= 0.6 is 11.3 Å². The van der Waals surface area contributed by atoms with Crippen molar-refractivity contribution in [2.75, 3.05) is 0 Å². The van der Waals surface area contributed by atoms with Crippen molar-refractivity contribution in [3.8, 4) is 0 Å². The van der Waals surface area contributed by atoms with Crippen molar-refractivity contribution >= 4 is 11.3 Å². The third-order valence-corrected chi connectivity index (χ3v) is 3.07. The number of aryl methyl sites for hydroxylation is 2. The van der Waals surface area contributed by atoms with Gasteiger partial charge in [0, 0.05) is 18.5 Å². The smallest absolute Gasteiger partial charge is 0.140 e. The summed E-state index contributed by atoms with van der Waals surface area (Å²) in [4.78, 5) is 8.58. The zero-order valence-corrected chi connectivity index (χ0v) is 10.3. The average Bonchev–Trinajstić information content (AvgIpc) is 2.87. The molecule has 0 spiro atoms. The van der Waals surface area contributed by atoms with Crippen LogP contribution in [-0.2, 0) is 19.6 Å². The first-order valence-electron chi connectivity index (χ1n) is 5.28. The lowest BCUT2D eigenvalue weighted by molar-refractivity contribution is 0.569. The summed E-state index contributed by atoms with van der Waals surface area (Å²) >= 11 is 1.68. The van der Waals surface area contributed by atoms with E-state index in [1.54, 1.807) is 17.7 Å². The molecule has 0 aliphatic heterocycles. The van der Waals surface area contributed by atoms with Crippen molar-refractivity contribution in [3.05, 3.63) is 28.2 Å². The lowest BCUT2D eigenvalue weighted by Crippen LogP contribution is -2.17. The summed E-state index contributed by atoms with van der Waals surface area (Å²) in [5, 5.41) is 10.6. The third-order valence-electron chi connectivity index (χ3n) is 2.25. The van der Waals surface area contributed by atoms with E-state index in [1.165, 1.54) is 0 Å². The highest BCUT2D eigenvalue weighted by Crippen LogP contribution is 2.07. The number of rotatable bonds is 5. The zero-order valence-electron chi connectivity index (χ0n) is 9.47. The summed E-state index contributed by atoms with van der Waals surface area (Å²) in [5.74, 6) is 0.967. The molecule has 0 amide bonds. The minimum atomic E-state index is 0.727. The maximum atomic E-state index is 4.39. The van der Waals surface area contributed by atoms with E-state index in [-0.39, 0.29) is 0 Å². The van der Waals surface area contributed by atoms with Gasteiger partial charge in [0.05, 0.1) is 17.2 Å². The quantitative estimate of drug-likeness (QED) is 0.853. The Kier molecular flexibility index (Phi) is 3.63. The van der Waals surface area contributed by atoms with Crippen LogP contribution in [0.4, 0.5) is 0 Å². The van der Waals surface area contributed by atoms with E-state index in [4.69, 9.17) is 0 Å². The van der Waals surface area contributed by atoms with Gasteiger partial charge in [0.1, 0.15) is 12.2 Å². The first-order chi connectivity index (χ1) is 7.79. The Balaban J connectivity index is 1.84. The van der Waals surface area contributed by atoms with Crippen LogP contribution in [0.15, 0.2) is 11.7 Å². The van der Waals surface area contributed by atoms with E-state index in [2.05, 4.69) is 32.7 Å². The Hall–Kier alpha value is -1.27. The number of aromatic nitrogens is 4. The normalized spacial score (nSPS) is 10.9. The number of thiazole rings is 1. The van der Waals surface area contributed by atoms with Crippen molar-refractivity contribution in [1.82, 2.24) is 25.1 Å². The predicted octanol–water partition coefficient (Wildman–Crippen LogP) is 1.35. The molecule has 2 rings (SSSR count). The lowest BCUT2D eigenvalue weighted by Gasteiger charge is -2.03. The van der Waals surface area contributed by atoms with Crippen LogP contribution in [0.1, 0.15) is 23.4 Å². The van der Waals surface area contributed by atoms with Gasteiger partial charge in [-0.1, -0.05) is 0 Å². The molecule has 0 unspecified atom stereocenters. The van der Waals surface area contributed by atoms with Crippen LogP contribution in [0.5, 0.6) is 0 Å². The van der Waals surface area contributed by atoms with Gasteiger partial charge in [-0.3, -0.25) is 0 Å².